The van der Waals surface area contributed by atoms with Crippen LogP contribution >= 0.6 is 0 Å². The summed E-state index contributed by atoms with van der Waals surface area (Å²) >= 11 is 0. The number of allylic oxidation sites excluding steroid dienone is 1. The summed E-state index contributed by atoms with van der Waals surface area (Å²) in [5, 5.41) is 1.04. The Bertz CT molecular complexity index is 270. The first-order chi connectivity index (χ1) is 7.65. The van der Waals surface area contributed by atoms with E-state index in [9.17, 15) is 9.59 Å². The molecular formula is C12H19NO3. The highest BCUT2D eigenvalue weighted by molar-refractivity contribution is 5.82. The number of carbonyl (C=O) groups is 2. The minimum absolute atomic E-state index is 0.174. The standard InChI is InChI=1S/C12H19NO3/c1-3-4-5-6-7-12(15)16-13-10(2)8-9-11(13)14/h2-9H2,1H3. The molecule has 0 unspecified atom stereocenters. The van der Waals surface area contributed by atoms with E-state index in [1.54, 1.807) is 0 Å². The Morgan fingerprint density at radius 1 is 1.38 bits per heavy atom. The van der Waals surface area contributed by atoms with Gasteiger partial charge in [-0.3, -0.25) is 4.79 Å². The summed E-state index contributed by atoms with van der Waals surface area (Å²) in [6.45, 7) is 5.79. The SMILES string of the molecule is C=C1CCC(=O)N1OC(=O)CCCCCC. The highest BCUT2D eigenvalue weighted by Crippen LogP contribution is 2.21. The van der Waals surface area contributed by atoms with Crippen molar-refractivity contribution in [1.82, 2.24) is 5.06 Å². The second-order valence-electron chi connectivity index (χ2n) is 4.03. The van der Waals surface area contributed by atoms with Gasteiger partial charge in [-0.25, -0.2) is 4.79 Å². The van der Waals surface area contributed by atoms with Crippen LogP contribution in [-0.2, 0) is 14.4 Å². The molecule has 0 aromatic heterocycles. The zero-order chi connectivity index (χ0) is 12.0. The van der Waals surface area contributed by atoms with Crippen LogP contribution < -0.4 is 0 Å². The van der Waals surface area contributed by atoms with Crippen LogP contribution in [-0.4, -0.2) is 16.9 Å². The van der Waals surface area contributed by atoms with Crippen molar-refractivity contribution in [2.24, 2.45) is 0 Å². The average molecular weight is 225 g/mol. The minimum Gasteiger partial charge on any atom is -0.334 e. The summed E-state index contributed by atoms with van der Waals surface area (Å²) in [5.74, 6) is -0.514. The molecule has 0 saturated carbocycles. The van der Waals surface area contributed by atoms with Gasteiger partial charge in [-0.1, -0.05) is 32.8 Å². The van der Waals surface area contributed by atoms with Crippen LogP contribution in [0.15, 0.2) is 12.3 Å². The largest absolute Gasteiger partial charge is 0.334 e. The maximum atomic E-state index is 11.4. The fourth-order valence-electron chi connectivity index (χ4n) is 1.59. The quantitative estimate of drug-likeness (QED) is 0.653. The van der Waals surface area contributed by atoms with Gasteiger partial charge in [0.2, 0.25) is 0 Å². The van der Waals surface area contributed by atoms with Crippen LogP contribution in [0, 0.1) is 0 Å². The molecular weight excluding hydrogens is 206 g/mol. The first-order valence-electron chi connectivity index (χ1n) is 5.86. The van der Waals surface area contributed by atoms with Crippen LogP contribution in [0.1, 0.15) is 51.9 Å². The first kappa shape index (κ1) is 12.7. The van der Waals surface area contributed by atoms with Crippen molar-refractivity contribution in [2.45, 2.75) is 51.9 Å². The van der Waals surface area contributed by atoms with E-state index in [0.29, 0.717) is 25.0 Å². The Morgan fingerprint density at radius 2 is 2.12 bits per heavy atom. The van der Waals surface area contributed by atoms with Crippen LogP contribution in [0.25, 0.3) is 0 Å². The van der Waals surface area contributed by atoms with Crippen LogP contribution in [0.5, 0.6) is 0 Å². The maximum absolute atomic E-state index is 11.4. The average Bonchev–Trinajstić information content (AvgIpc) is 2.56. The van der Waals surface area contributed by atoms with E-state index in [1.165, 1.54) is 0 Å². The van der Waals surface area contributed by atoms with Crippen LogP contribution in [0.3, 0.4) is 0 Å². The Balaban J connectivity index is 2.23. The van der Waals surface area contributed by atoms with E-state index in [4.69, 9.17) is 4.84 Å². The van der Waals surface area contributed by atoms with E-state index in [2.05, 4.69) is 13.5 Å². The second-order valence-corrected chi connectivity index (χ2v) is 4.03. The molecule has 0 aromatic rings. The van der Waals surface area contributed by atoms with Gasteiger partial charge in [-0.05, 0) is 12.8 Å². The van der Waals surface area contributed by atoms with Gasteiger partial charge >= 0.3 is 5.97 Å². The lowest BCUT2D eigenvalue weighted by Crippen LogP contribution is -2.26. The van der Waals surface area contributed by atoms with Gasteiger partial charge in [-0.15, -0.1) is 5.06 Å². The number of rotatable bonds is 6. The van der Waals surface area contributed by atoms with Gasteiger partial charge in [0.15, 0.2) is 0 Å². The fourth-order valence-corrected chi connectivity index (χ4v) is 1.59. The van der Waals surface area contributed by atoms with Crippen molar-refractivity contribution in [3.05, 3.63) is 12.3 Å². The first-order valence-corrected chi connectivity index (χ1v) is 5.86. The summed E-state index contributed by atoms with van der Waals surface area (Å²) in [7, 11) is 0. The highest BCUT2D eigenvalue weighted by atomic mass is 16.7. The Hall–Kier alpha value is -1.32. The second kappa shape index (κ2) is 6.30. The van der Waals surface area contributed by atoms with Gasteiger partial charge in [-0.2, -0.15) is 0 Å². The van der Waals surface area contributed by atoms with Crippen LogP contribution in [0.4, 0.5) is 0 Å². The predicted molar refractivity (Wildman–Crippen MR) is 60.1 cm³/mol. The number of hydrogen-bond donors (Lipinski definition) is 0. The normalized spacial score (nSPS) is 15.7. The smallest absolute Gasteiger partial charge is 0.333 e. The molecule has 1 heterocycles. The van der Waals surface area contributed by atoms with Crippen molar-refractivity contribution in [2.75, 3.05) is 0 Å². The molecule has 16 heavy (non-hydrogen) atoms. The lowest BCUT2D eigenvalue weighted by molar-refractivity contribution is -0.186. The van der Waals surface area contributed by atoms with Gasteiger partial charge in [0.05, 0.1) is 5.70 Å². The molecule has 0 radical (unpaired) electrons. The summed E-state index contributed by atoms with van der Waals surface area (Å²) in [6, 6.07) is 0. The molecule has 1 aliphatic rings. The number of hydroxylamine groups is 2. The van der Waals surface area contributed by atoms with Crippen molar-refractivity contribution in [3.8, 4) is 0 Å². The number of unbranched alkanes of at least 4 members (excludes halogenated alkanes) is 3. The Morgan fingerprint density at radius 3 is 2.69 bits per heavy atom. The molecule has 1 fully saturated rings. The van der Waals surface area contributed by atoms with Crippen molar-refractivity contribution in [3.63, 3.8) is 0 Å². The van der Waals surface area contributed by atoms with E-state index >= 15 is 0 Å². The molecule has 4 heteroatoms. The van der Waals surface area contributed by atoms with E-state index in [-0.39, 0.29) is 11.9 Å². The Kier molecular flexibility index (Phi) is 5.02. The third kappa shape index (κ3) is 3.68. The lowest BCUT2D eigenvalue weighted by atomic mass is 10.2. The summed E-state index contributed by atoms with van der Waals surface area (Å²) in [5.41, 5.74) is 0.576. The van der Waals surface area contributed by atoms with E-state index in [1.807, 2.05) is 0 Å². The molecule has 4 nitrogen and oxygen atoms in total. The topological polar surface area (TPSA) is 46.6 Å². The maximum Gasteiger partial charge on any atom is 0.333 e. The molecule has 0 N–H and O–H groups in total. The molecule has 0 bridgehead atoms. The van der Waals surface area contributed by atoms with Gasteiger partial charge < -0.3 is 4.84 Å². The van der Waals surface area contributed by atoms with Crippen molar-refractivity contribution in [1.29, 1.82) is 0 Å². The van der Waals surface area contributed by atoms with Crippen molar-refractivity contribution >= 4 is 11.9 Å². The van der Waals surface area contributed by atoms with E-state index in [0.717, 1.165) is 30.7 Å². The number of amides is 1. The van der Waals surface area contributed by atoms with E-state index < -0.39 is 0 Å². The zero-order valence-corrected chi connectivity index (χ0v) is 9.83. The predicted octanol–water partition coefficient (Wildman–Crippen LogP) is 2.55. The molecule has 0 atom stereocenters. The molecule has 0 spiro atoms. The fraction of sp³-hybridized carbons (Fsp3) is 0.667. The summed E-state index contributed by atoms with van der Waals surface area (Å²) in [6.07, 6.45) is 5.46. The molecule has 0 aromatic carbocycles. The number of carbonyl (C=O) groups excluding carboxylic acids is 2. The number of hydrogen-bond acceptors (Lipinski definition) is 3. The summed E-state index contributed by atoms with van der Waals surface area (Å²) in [4.78, 5) is 27.6. The molecule has 1 saturated heterocycles. The van der Waals surface area contributed by atoms with Gasteiger partial charge in [0.1, 0.15) is 0 Å². The summed E-state index contributed by atoms with van der Waals surface area (Å²) < 4.78 is 0. The Labute approximate surface area is 96.2 Å². The van der Waals surface area contributed by atoms with Crippen molar-refractivity contribution < 1.29 is 14.4 Å². The van der Waals surface area contributed by atoms with Gasteiger partial charge in [0, 0.05) is 12.8 Å². The lowest BCUT2D eigenvalue weighted by Gasteiger charge is -2.15. The number of nitrogens with zero attached hydrogens (tertiary/aromatic N) is 1. The third-order valence-corrected chi connectivity index (χ3v) is 2.57. The highest BCUT2D eigenvalue weighted by Gasteiger charge is 2.27. The molecule has 90 valence electrons. The van der Waals surface area contributed by atoms with Gasteiger partial charge in [0.25, 0.3) is 5.91 Å². The third-order valence-electron chi connectivity index (χ3n) is 2.57. The molecule has 1 aliphatic heterocycles. The zero-order valence-electron chi connectivity index (χ0n) is 9.83. The molecule has 1 amide bonds. The monoisotopic (exact) mass is 225 g/mol. The molecule has 1 rings (SSSR count). The molecule has 0 aliphatic carbocycles. The van der Waals surface area contributed by atoms with Crippen LogP contribution in [0.2, 0.25) is 0 Å². The minimum atomic E-state index is -0.340.